The molecule has 0 aromatic heterocycles. The molecule has 0 spiro atoms. The van der Waals surface area contributed by atoms with E-state index in [1.165, 1.54) is 11.4 Å². The van der Waals surface area contributed by atoms with Gasteiger partial charge < -0.3 is 10.2 Å². The summed E-state index contributed by atoms with van der Waals surface area (Å²) in [6.07, 6.45) is 1.63. The lowest BCUT2D eigenvalue weighted by Crippen LogP contribution is -2.50. The summed E-state index contributed by atoms with van der Waals surface area (Å²) in [5, 5.41) is 2.98. The van der Waals surface area contributed by atoms with Gasteiger partial charge in [0.15, 0.2) is 0 Å². The molecule has 1 N–H and O–H groups in total. The van der Waals surface area contributed by atoms with Crippen LogP contribution in [0.5, 0.6) is 0 Å². The third kappa shape index (κ3) is 8.50. The Balaban J connectivity index is 1.82. The Hall–Kier alpha value is -3.49. The average Bonchev–Trinajstić information content (AvgIpc) is 2.95. The van der Waals surface area contributed by atoms with E-state index in [1.54, 1.807) is 35.2 Å². The fourth-order valence-electron chi connectivity index (χ4n) is 4.38. The molecule has 0 aliphatic heterocycles. The topological polar surface area (TPSA) is 86.8 Å². The third-order valence-electron chi connectivity index (χ3n) is 6.74. The van der Waals surface area contributed by atoms with Gasteiger partial charge in [0.2, 0.25) is 21.8 Å². The summed E-state index contributed by atoms with van der Waals surface area (Å²) < 4.78 is 27.1. The number of carbonyl (C=O) groups is 2. The van der Waals surface area contributed by atoms with Gasteiger partial charge in [-0.05, 0) is 48.6 Å². The van der Waals surface area contributed by atoms with Gasteiger partial charge in [0.05, 0.1) is 4.90 Å². The number of carbonyl (C=O) groups excluding carboxylic acids is 2. The molecule has 8 heteroatoms. The molecule has 7 nitrogen and oxygen atoms in total. The number of nitrogens with one attached hydrogen (secondary N) is 1. The smallest absolute Gasteiger partial charge is 0.243 e. The second kappa shape index (κ2) is 14.6. The second-order valence-corrected chi connectivity index (χ2v) is 11.7. The van der Waals surface area contributed by atoms with Crippen molar-refractivity contribution in [1.82, 2.24) is 14.5 Å². The molecule has 3 rings (SSSR count). The molecule has 0 saturated carbocycles. The minimum Gasteiger partial charge on any atom is -0.354 e. The van der Waals surface area contributed by atoms with Gasteiger partial charge in [0, 0.05) is 39.5 Å². The van der Waals surface area contributed by atoms with Crippen molar-refractivity contribution >= 4 is 21.8 Å². The molecule has 0 fully saturated rings. The highest BCUT2D eigenvalue weighted by molar-refractivity contribution is 7.89. The van der Waals surface area contributed by atoms with Crippen molar-refractivity contribution in [2.75, 3.05) is 20.1 Å². The first-order valence-electron chi connectivity index (χ1n) is 13.4. The number of hydrogen-bond donors (Lipinski definition) is 1. The van der Waals surface area contributed by atoms with Crippen molar-refractivity contribution in [3.8, 4) is 0 Å². The summed E-state index contributed by atoms with van der Waals surface area (Å²) in [6.45, 7) is 4.99. The monoisotopic (exact) mass is 549 g/mol. The molecular formula is C31H39N3O4S. The van der Waals surface area contributed by atoms with E-state index in [2.05, 4.69) is 5.32 Å². The summed E-state index contributed by atoms with van der Waals surface area (Å²) in [5.74, 6) is -0.372. The SMILES string of the molecule is CCCNC(=O)[C@@H](Cc1ccccc1)N(Cc1ccccc1C)C(=O)CCCN(C)S(=O)(=O)c1ccccc1. The minimum atomic E-state index is -3.65. The normalized spacial score (nSPS) is 12.2. The Morgan fingerprint density at radius 1 is 0.897 bits per heavy atom. The molecule has 0 radical (unpaired) electrons. The quantitative estimate of drug-likeness (QED) is 0.319. The van der Waals surface area contributed by atoms with Crippen LogP contribution < -0.4 is 5.32 Å². The molecule has 0 bridgehead atoms. The predicted octanol–water partition coefficient (Wildman–Crippen LogP) is 4.56. The Kier molecular flexibility index (Phi) is 11.3. The van der Waals surface area contributed by atoms with Crippen LogP contribution in [-0.4, -0.2) is 55.6 Å². The number of sulfonamides is 1. The fraction of sp³-hybridized carbons (Fsp3) is 0.355. The summed E-state index contributed by atoms with van der Waals surface area (Å²) in [6, 6.07) is 25.1. The number of benzene rings is 3. The van der Waals surface area contributed by atoms with Crippen LogP contribution in [0.1, 0.15) is 42.9 Å². The maximum absolute atomic E-state index is 13.7. The number of hydrogen-bond acceptors (Lipinski definition) is 4. The van der Waals surface area contributed by atoms with Gasteiger partial charge in [-0.1, -0.05) is 79.7 Å². The van der Waals surface area contributed by atoms with Crippen LogP contribution in [0.4, 0.5) is 0 Å². The molecule has 0 saturated heterocycles. The molecule has 208 valence electrons. The largest absolute Gasteiger partial charge is 0.354 e. The van der Waals surface area contributed by atoms with Crippen molar-refractivity contribution in [3.63, 3.8) is 0 Å². The predicted molar refractivity (Wildman–Crippen MR) is 154 cm³/mol. The van der Waals surface area contributed by atoms with E-state index in [4.69, 9.17) is 0 Å². The average molecular weight is 550 g/mol. The van der Waals surface area contributed by atoms with E-state index in [0.29, 0.717) is 25.9 Å². The lowest BCUT2D eigenvalue weighted by atomic mass is 10.0. The zero-order valence-corrected chi connectivity index (χ0v) is 23.9. The highest BCUT2D eigenvalue weighted by Crippen LogP contribution is 2.19. The van der Waals surface area contributed by atoms with Crippen LogP contribution in [0.2, 0.25) is 0 Å². The zero-order valence-electron chi connectivity index (χ0n) is 23.0. The first kappa shape index (κ1) is 30.1. The van der Waals surface area contributed by atoms with Gasteiger partial charge >= 0.3 is 0 Å². The highest BCUT2D eigenvalue weighted by Gasteiger charge is 2.30. The summed E-state index contributed by atoms with van der Waals surface area (Å²) in [7, 11) is -2.13. The Morgan fingerprint density at radius 2 is 1.51 bits per heavy atom. The molecule has 0 aliphatic carbocycles. The minimum absolute atomic E-state index is 0.118. The van der Waals surface area contributed by atoms with E-state index in [1.807, 2.05) is 68.4 Å². The Labute approximate surface area is 232 Å². The van der Waals surface area contributed by atoms with Gasteiger partial charge in [-0.15, -0.1) is 0 Å². The van der Waals surface area contributed by atoms with E-state index < -0.39 is 16.1 Å². The van der Waals surface area contributed by atoms with Gasteiger partial charge in [0.25, 0.3) is 0 Å². The summed E-state index contributed by atoms with van der Waals surface area (Å²) in [5.41, 5.74) is 2.97. The van der Waals surface area contributed by atoms with E-state index in [-0.39, 0.29) is 29.7 Å². The molecule has 39 heavy (non-hydrogen) atoms. The molecule has 0 unspecified atom stereocenters. The van der Waals surface area contributed by atoms with E-state index in [9.17, 15) is 18.0 Å². The maximum Gasteiger partial charge on any atom is 0.243 e. The molecule has 0 aliphatic rings. The van der Waals surface area contributed by atoms with Gasteiger partial charge in [-0.3, -0.25) is 9.59 Å². The number of rotatable bonds is 14. The van der Waals surface area contributed by atoms with Crippen molar-refractivity contribution < 1.29 is 18.0 Å². The van der Waals surface area contributed by atoms with Crippen LogP contribution in [0.15, 0.2) is 89.8 Å². The maximum atomic E-state index is 13.7. The zero-order chi connectivity index (χ0) is 28.3. The number of amides is 2. The Morgan fingerprint density at radius 3 is 2.15 bits per heavy atom. The summed E-state index contributed by atoms with van der Waals surface area (Å²) >= 11 is 0. The number of nitrogens with zero attached hydrogens (tertiary/aromatic N) is 2. The first-order valence-corrected chi connectivity index (χ1v) is 14.8. The molecule has 2 amide bonds. The van der Waals surface area contributed by atoms with Crippen LogP contribution >= 0.6 is 0 Å². The van der Waals surface area contributed by atoms with Crippen molar-refractivity contribution in [2.45, 2.75) is 57.0 Å². The molecule has 0 heterocycles. The van der Waals surface area contributed by atoms with Crippen molar-refractivity contribution in [1.29, 1.82) is 0 Å². The molecule has 3 aromatic rings. The van der Waals surface area contributed by atoms with Crippen LogP contribution in [0.25, 0.3) is 0 Å². The highest BCUT2D eigenvalue weighted by atomic mass is 32.2. The standard InChI is InChI=1S/C31H39N3O4S/c1-4-21-32-31(36)29(23-26-15-7-5-8-16-26)34(24-27-17-12-11-14-25(27)2)30(35)20-13-22-33(3)39(37,38)28-18-9-6-10-19-28/h5-12,14-19,29H,4,13,20-24H2,1-3H3,(H,32,36)/t29-/m1/s1. The summed E-state index contributed by atoms with van der Waals surface area (Å²) in [4.78, 5) is 29.0. The van der Waals surface area contributed by atoms with Crippen LogP contribution in [0.3, 0.4) is 0 Å². The lowest BCUT2D eigenvalue weighted by molar-refractivity contribution is -0.141. The van der Waals surface area contributed by atoms with Crippen LogP contribution in [-0.2, 0) is 32.6 Å². The van der Waals surface area contributed by atoms with Crippen LogP contribution in [0, 0.1) is 6.92 Å². The van der Waals surface area contributed by atoms with Crippen molar-refractivity contribution in [2.24, 2.45) is 0 Å². The molecular weight excluding hydrogens is 510 g/mol. The third-order valence-corrected chi connectivity index (χ3v) is 8.61. The Bertz CT molecular complexity index is 1310. The molecule has 3 aromatic carbocycles. The second-order valence-electron chi connectivity index (χ2n) is 9.69. The van der Waals surface area contributed by atoms with E-state index >= 15 is 0 Å². The first-order chi connectivity index (χ1) is 18.7. The lowest BCUT2D eigenvalue weighted by Gasteiger charge is -2.32. The number of aryl methyl sites for hydroxylation is 1. The van der Waals surface area contributed by atoms with Crippen molar-refractivity contribution in [3.05, 3.63) is 102 Å². The van der Waals surface area contributed by atoms with Gasteiger partial charge in [0.1, 0.15) is 6.04 Å². The molecule has 1 atom stereocenters. The van der Waals surface area contributed by atoms with Gasteiger partial charge in [-0.25, -0.2) is 12.7 Å². The van der Waals surface area contributed by atoms with Gasteiger partial charge in [-0.2, -0.15) is 0 Å². The fourth-order valence-corrected chi connectivity index (χ4v) is 5.61. The van der Waals surface area contributed by atoms with E-state index in [0.717, 1.165) is 23.1 Å².